The molecule has 18 heavy (non-hydrogen) atoms. The lowest BCUT2D eigenvalue weighted by atomic mass is 10.1. The smallest absolute Gasteiger partial charge is 0.212 e. The second-order valence-corrected chi connectivity index (χ2v) is 5.24. The number of rotatable bonds is 2. The fraction of sp³-hybridized carbons (Fsp3) is 0.143. The van der Waals surface area contributed by atoms with Crippen molar-refractivity contribution in [2.24, 2.45) is 0 Å². The average Bonchev–Trinajstić information content (AvgIpc) is 2.78. The summed E-state index contributed by atoms with van der Waals surface area (Å²) in [6.45, 7) is 2.03. The molecule has 0 N–H and O–H groups in total. The van der Waals surface area contributed by atoms with E-state index in [1.165, 1.54) is 4.70 Å². The fourth-order valence-corrected chi connectivity index (χ4v) is 2.70. The van der Waals surface area contributed by atoms with Crippen molar-refractivity contribution in [3.8, 4) is 17.0 Å². The molecule has 3 rings (SSSR count). The molecule has 3 aromatic rings. The van der Waals surface area contributed by atoms with Crippen LogP contribution in [-0.4, -0.2) is 17.1 Å². The van der Waals surface area contributed by atoms with Crippen molar-refractivity contribution in [1.82, 2.24) is 9.97 Å². The Hall–Kier alpha value is -1.94. The summed E-state index contributed by atoms with van der Waals surface area (Å²) in [7, 11) is 1.62. The Morgan fingerprint density at radius 1 is 1.11 bits per heavy atom. The molecule has 0 aliphatic heterocycles. The fourth-order valence-electron chi connectivity index (χ4n) is 1.89. The summed E-state index contributed by atoms with van der Waals surface area (Å²) in [6.07, 6.45) is 1.82. The second kappa shape index (κ2) is 4.38. The third-order valence-electron chi connectivity index (χ3n) is 2.77. The Morgan fingerprint density at radius 2 is 1.94 bits per heavy atom. The van der Waals surface area contributed by atoms with Gasteiger partial charge in [0.1, 0.15) is 0 Å². The lowest BCUT2D eigenvalue weighted by Gasteiger charge is -2.02. The monoisotopic (exact) mass is 256 g/mol. The van der Waals surface area contributed by atoms with Gasteiger partial charge in [-0.3, -0.25) is 0 Å². The van der Waals surface area contributed by atoms with E-state index in [1.807, 2.05) is 25.3 Å². The maximum atomic E-state index is 5.06. The molecule has 4 heteroatoms. The van der Waals surface area contributed by atoms with Crippen molar-refractivity contribution < 1.29 is 4.74 Å². The molecule has 1 aromatic carbocycles. The number of aryl methyl sites for hydroxylation is 1. The first-order chi connectivity index (χ1) is 8.76. The highest BCUT2D eigenvalue weighted by Crippen LogP contribution is 2.27. The Bertz CT molecular complexity index is 689. The van der Waals surface area contributed by atoms with E-state index in [9.17, 15) is 0 Å². The van der Waals surface area contributed by atoms with Crippen LogP contribution in [0, 0.1) is 6.92 Å². The van der Waals surface area contributed by atoms with Gasteiger partial charge in [0.05, 0.1) is 22.3 Å². The third-order valence-corrected chi connectivity index (χ3v) is 3.73. The Morgan fingerprint density at radius 3 is 2.67 bits per heavy atom. The van der Waals surface area contributed by atoms with E-state index in [0.717, 1.165) is 21.7 Å². The predicted molar refractivity (Wildman–Crippen MR) is 74.1 cm³/mol. The van der Waals surface area contributed by atoms with Crippen molar-refractivity contribution in [2.75, 3.05) is 7.11 Å². The number of ether oxygens (including phenoxy) is 1. The summed E-state index contributed by atoms with van der Waals surface area (Å²) in [5.74, 6) is 0.629. The Labute approximate surface area is 109 Å². The molecule has 2 heterocycles. The third kappa shape index (κ3) is 1.95. The normalized spacial score (nSPS) is 10.8. The molecule has 0 radical (unpaired) electrons. The standard InChI is InChI=1S/C14H12N2OS/c1-9-16-12-7-10(3-5-13(12)18-9)11-4-6-14(17-2)15-8-11/h3-8H,1-2H3. The van der Waals surface area contributed by atoms with E-state index >= 15 is 0 Å². The van der Waals surface area contributed by atoms with Crippen molar-refractivity contribution in [1.29, 1.82) is 0 Å². The second-order valence-electron chi connectivity index (χ2n) is 4.00. The van der Waals surface area contributed by atoms with Crippen LogP contribution in [-0.2, 0) is 0 Å². The number of thiazole rings is 1. The van der Waals surface area contributed by atoms with Gasteiger partial charge >= 0.3 is 0 Å². The molecule has 0 saturated carbocycles. The topological polar surface area (TPSA) is 35.0 Å². The van der Waals surface area contributed by atoms with Crippen molar-refractivity contribution in [3.05, 3.63) is 41.5 Å². The minimum absolute atomic E-state index is 0.629. The Kier molecular flexibility index (Phi) is 2.72. The Balaban J connectivity index is 2.06. The van der Waals surface area contributed by atoms with Crippen molar-refractivity contribution in [3.63, 3.8) is 0 Å². The van der Waals surface area contributed by atoms with Crippen LogP contribution in [0.15, 0.2) is 36.5 Å². The zero-order chi connectivity index (χ0) is 12.5. The van der Waals surface area contributed by atoms with Crippen LogP contribution in [0.5, 0.6) is 5.88 Å². The first kappa shape index (κ1) is 11.2. The number of nitrogens with zero attached hydrogens (tertiary/aromatic N) is 2. The predicted octanol–water partition coefficient (Wildman–Crippen LogP) is 3.68. The number of hydrogen-bond donors (Lipinski definition) is 0. The quantitative estimate of drug-likeness (QED) is 0.701. The van der Waals surface area contributed by atoms with E-state index in [0.29, 0.717) is 5.88 Å². The van der Waals surface area contributed by atoms with Gasteiger partial charge in [-0.25, -0.2) is 9.97 Å². The molecule has 0 amide bonds. The lowest BCUT2D eigenvalue weighted by molar-refractivity contribution is 0.398. The number of benzene rings is 1. The van der Waals surface area contributed by atoms with Crippen LogP contribution in [0.2, 0.25) is 0 Å². The van der Waals surface area contributed by atoms with Crippen LogP contribution in [0.3, 0.4) is 0 Å². The van der Waals surface area contributed by atoms with Gasteiger partial charge in [-0.2, -0.15) is 0 Å². The van der Waals surface area contributed by atoms with Gasteiger partial charge in [-0.05, 0) is 30.7 Å². The average molecular weight is 256 g/mol. The van der Waals surface area contributed by atoms with E-state index < -0.39 is 0 Å². The summed E-state index contributed by atoms with van der Waals surface area (Å²) in [5, 5.41) is 1.09. The molecule has 0 aliphatic carbocycles. The van der Waals surface area contributed by atoms with Gasteiger partial charge in [0.2, 0.25) is 5.88 Å². The van der Waals surface area contributed by atoms with E-state index in [-0.39, 0.29) is 0 Å². The highest BCUT2D eigenvalue weighted by atomic mass is 32.1. The molecular formula is C14H12N2OS. The molecule has 0 aliphatic rings. The van der Waals surface area contributed by atoms with Gasteiger partial charge < -0.3 is 4.74 Å². The molecular weight excluding hydrogens is 244 g/mol. The van der Waals surface area contributed by atoms with Crippen LogP contribution < -0.4 is 4.74 Å². The highest BCUT2D eigenvalue weighted by molar-refractivity contribution is 7.18. The molecule has 2 aromatic heterocycles. The van der Waals surface area contributed by atoms with Crippen LogP contribution in [0.25, 0.3) is 21.3 Å². The van der Waals surface area contributed by atoms with Gasteiger partial charge in [0.25, 0.3) is 0 Å². The van der Waals surface area contributed by atoms with E-state index in [4.69, 9.17) is 4.74 Å². The molecule has 0 saturated heterocycles. The van der Waals surface area contributed by atoms with E-state index in [1.54, 1.807) is 18.4 Å². The van der Waals surface area contributed by atoms with Crippen molar-refractivity contribution >= 4 is 21.6 Å². The van der Waals surface area contributed by atoms with Crippen molar-refractivity contribution in [2.45, 2.75) is 6.92 Å². The van der Waals surface area contributed by atoms with Gasteiger partial charge in [-0.15, -0.1) is 11.3 Å². The van der Waals surface area contributed by atoms with E-state index in [2.05, 4.69) is 28.2 Å². The largest absolute Gasteiger partial charge is 0.481 e. The summed E-state index contributed by atoms with van der Waals surface area (Å²) in [6, 6.07) is 10.2. The van der Waals surface area contributed by atoms with Gasteiger partial charge in [0, 0.05) is 17.8 Å². The minimum Gasteiger partial charge on any atom is -0.481 e. The zero-order valence-corrected chi connectivity index (χ0v) is 11.0. The van der Waals surface area contributed by atoms with Crippen LogP contribution in [0.1, 0.15) is 5.01 Å². The molecule has 0 atom stereocenters. The number of hydrogen-bond acceptors (Lipinski definition) is 4. The molecule has 90 valence electrons. The summed E-state index contributed by atoms with van der Waals surface area (Å²) < 4.78 is 6.28. The number of fused-ring (bicyclic) bond motifs is 1. The molecule has 0 bridgehead atoms. The van der Waals surface area contributed by atoms with Gasteiger partial charge in [-0.1, -0.05) is 6.07 Å². The summed E-state index contributed by atoms with van der Waals surface area (Å²) in [5.41, 5.74) is 3.25. The number of pyridine rings is 1. The van der Waals surface area contributed by atoms with Crippen LogP contribution in [0.4, 0.5) is 0 Å². The summed E-state index contributed by atoms with van der Waals surface area (Å²) >= 11 is 1.72. The lowest BCUT2D eigenvalue weighted by Crippen LogP contribution is -1.87. The highest BCUT2D eigenvalue weighted by Gasteiger charge is 2.04. The SMILES string of the molecule is COc1ccc(-c2ccc3sc(C)nc3c2)cn1. The molecule has 0 fully saturated rings. The van der Waals surface area contributed by atoms with Crippen LogP contribution >= 0.6 is 11.3 Å². The number of methoxy groups -OCH3 is 1. The molecule has 0 unspecified atom stereocenters. The maximum Gasteiger partial charge on any atom is 0.212 e. The first-order valence-electron chi connectivity index (χ1n) is 5.64. The number of aromatic nitrogens is 2. The minimum atomic E-state index is 0.629. The van der Waals surface area contributed by atoms with Gasteiger partial charge in [0.15, 0.2) is 0 Å². The molecule has 0 spiro atoms. The molecule has 3 nitrogen and oxygen atoms in total. The zero-order valence-electron chi connectivity index (χ0n) is 10.2. The summed E-state index contributed by atoms with van der Waals surface area (Å²) in [4.78, 5) is 8.73. The first-order valence-corrected chi connectivity index (χ1v) is 6.45. The maximum absolute atomic E-state index is 5.06.